The topological polar surface area (TPSA) is 116 Å². The van der Waals surface area contributed by atoms with Crippen LogP contribution in [0.1, 0.15) is 23.7 Å². The molecule has 1 aliphatic heterocycles. The normalized spacial score (nSPS) is 23.0. The molecule has 0 bridgehead atoms. The summed E-state index contributed by atoms with van der Waals surface area (Å²) in [6.07, 6.45) is 0.354. The van der Waals surface area contributed by atoms with Crippen molar-refractivity contribution in [2.45, 2.75) is 18.9 Å². The van der Waals surface area contributed by atoms with Gasteiger partial charge in [0.2, 0.25) is 0 Å². The molecular weight excluding hydrogens is 308 g/mol. The summed E-state index contributed by atoms with van der Waals surface area (Å²) in [4.78, 5) is 23.5. The van der Waals surface area contributed by atoms with Gasteiger partial charge in [-0.1, -0.05) is 0 Å². The Balaban J connectivity index is 1.85. The average molecular weight is 326 g/mol. The molecule has 0 spiro atoms. The lowest BCUT2D eigenvalue weighted by atomic mass is 10.0. The van der Waals surface area contributed by atoms with Crippen LogP contribution in [-0.2, 0) is 19.4 Å². The molecule has 1 heterocycles. The van der Waals surface area contributed by atoms with Gasteiger partial charge in [-0.25, -0.2) is 13.2 Å². The SMILES string of the molecule is C[C@@]1(NC(=O)COC(=O)c2ccc(N)cc2)CCS(=O)(=O)C1. The van der Waals surface area contributed by atoms with Gasteiger partial charge in [-0.05, 0) is 37.6 Å². The standard InChI is InChI=1S/C14H18N2O5S/c1-14(6-7-22(19,20)9-14)16-12(17)8-21-13(18)10-2-4-11(15)5-3-10/h2-5H,6-9,15H2,1H3,(H,16,17)/t14-/m1/s1. The van der Waals surface area contributed by atoms with Crippen LogP contribution < -0.4 is 11.1 Å². The molecule has 3 N–H and O–H groups in total. The summed E-state index contributed by atoms with van der Waals surface area (Å²) in [6.45, 7) is 1.20. The van der Waals surface area contributed by atoms with Gasteiger partial charge in [-0.15, -0.1) is 0 Å². The molecule has 7 nitrogen and oxygen atoms in total. The zero-order chi connectivity index (χ0) is 16.4. The fourth-order valence-corrected chi connectivity index (χ4v) is 4.41. The van der Waals surface area contributed by atoms with Gasteiger partial charge in [0.15, 0.2) is 16.4 Å². The van der Waals surface area contributed by atoms with Crippen molar-refractivity contribution in [1.82, 2.24) is 5.32 Å². The second kappa shape index (κ2) is 5.96. The molecule has 22 heavy (non-hydrogen) atoms. The highest BCUT2D eigenvalue weighted by atomic mass is 32.2. The van der Waals surface area contributed by atoms with Crippen molar-refractivity contribution < 1.29 is 22.7 Å². The molecule has 8 heteroatoms. The summed E-state index contributed by atoms with van der Waals surface area (Å²) < 4.78 is 27.8. The molecule has 1 aromatic carbocycles. The van der Waals surface area contributed by atoms with Crippen LogP contribution in [0.15, 0.2) is 24.3 Å². The Morgan fingerprint density at radius 3 is 2.50 bits per heavy atom. The molecule has 1 fully saturated rings. The molecule has 1 aliphatic rings. The Kier molecular flexibility index (Phi) is 4.41. The minimum atomic E-state index is -3.11. The Morgan fingerprint density at radius 2 is 1.95 bits per heavy atom. The zero-order valence-electron chi connectivity index (χ0n) is 12.2. The van der Waals surface area contributed by atoms with Crippen molar-refractivity contribution in [3.63, 3.8) is 0 Å². The van der Waals surface area contributed by atoms with E-state index < -0.39 is 33.9 Å². The number of nitrogens with two attached hydrogens (primary N) is 1. The Morgan fingerprint density at radius 1 is 1.32 bits per heavy atom. The number of rotatable bonds is 4. The van der Waals surface area contributed by atoms with E-state index in [0.29, 0.717) is 12.1 Å². The van der Waals surface area contributed by atoms with E-state index in [-0.39, 0.29) is 17.1 Å². The van der Waals surface area contributed by atoms with Gasteiger partial charge < -0.3 is 15.8 Å². The number of hydrogen-bond acceptors (Lipinski definition) is 6. The fourth-order valence-electron chi connectivity index (χ4n) is 2.32. The van der Waals surface area contributed by atoms with E-state index in [9.17, 15) is 18.0 Å². The smallest absolute Gasteiger partial charge is 0.338 e. The molecule has 0 aromatic heterocycles. The van der Waals surface area contributed by atoms with Gasteiger partial charge in [-0.2, -0.15) is 0 Å². The van der Waals surface area contributed by atoms with Crippen LogP contribution in [0.5, 0.6) is 0 Å². The minimum absolute atomic E-state index is 0.0506. The van der Waals surface area contributed by atoms with Crippen molar-refractivity contribution in [3.8, 4) is 0 Å². The molecule has 0 unspecified atom stereocenters. The van der Waals surface area contributed by atoms with E-state index in [1.807, 2.05) is 0 Å². The quantitative estimate of drug-likeness (QED) is 0.600. The van der Waals surface area contributed by atoms with Gasteiger partial charge in [0.05, 0.1) is 22.6 Å². The first-order chi connectivity index (χ1) is 10.2. The molecule has 1 atom stereocenters. The number of hydrogen-bond donors (Lipinski definition) is 2. The fraction of sp³-hybridized carbons (Fsp3) is 0.429. The molecule has 0 saturated carbocycles. The molecule has 120 valence electrons. The van der Waals surface area contributed by atoms with Crippen molar-refractivity contribution in [2.24, 2.45) is 0 Å². The van der Waals surface area contributed by atoms with Crippen molar-refractivity contribution in [1.29, 1.82) is 0 Å². The third-order valence-corrected chi connectivity index (χ3v) is 5.33. The number of amides is 1. The second-order valence-corrected chi connectivity index (χ2v) is 7.83. The van der Waals surface area contributed by atoms with Gasteiger partial charge in [0.25, 0.3) is 5.91 Å². The second-order valence-electron chi connectivity index (χ2n) is 5.65. The third-order valence-electron chi connectivity index (χ3n) is 3.43. The van der Waals surface area contributed by atoms with Crippen LogP contribution >= 0.6 is 0 Å². The lowest BCUT2D eigenvalue weighted by molar-refractivity contribution is -0.125. The summed E-state index contributed by atoms with van der Waals surface area (Å²) in [6, 6.07) is 6.11. The van der Waals surface area contributed by atoms with Crippen LogP contribution in [0.2, 0.25) is 0 Å². The lowest BCUT2D eigenvalue weighted by Gasteiger charge is -2.23. The molecule has 1 amide bonds. The van der Waals surface area contributed by atoms with Crippen molar-refractivity contribution in [3.05, 3.63) is 29.8 Å². The molecular formula is C14H18N2O5S. The molecule has 0 radical (unpaired) electrons. The monoisotopic (exact) mass is 326 g/mol. The largest absolute Gasteiger partial charge is 0.452 e. The summed E-state index contributed by atoms with van der Waals surface area (Å²) >= 11 is 0. The van der Waals surface area contributed by atoms with E-state index in [4.69, 9.17) is 10.5 Å². The Hall–Kier alpha value is -2.09. The van der Waals surface area contributed by atoms with Crippen molar-refractivity contribution in [2.75, 3.05) is 23.8 Å². The first-order valence-electron chi connectivity index (χ1n) is 6.73. The van der Waals surface area contributed by atoms with Crippen LogP contribution in [0.25, 0.3) is 0 Å². The van der Waals surface area contributed by atoms with Crippen LogP contribution in [0.3, 0.4) is 0 Å². The maximum absolute atomic E-state index is 11.8. The van der Waals surface area contributed by atoms with E-state index >= 15 is 0 Å². The number of nitrogens with one attached hydrogen (secondary N) is 1. The van der Waals surface area contributed by atoms with E-state index in [2.05, 4.69) is 5.32 Å². The Labute approximate surface area is 128 Å². The summed E-state index contributed by atoms with van der Waals surface area (Å²) in [5, 5.41) is 2.61. The minimum Gasteiger partial charge on any atom is -0.452 e. The highest BCUT2D eigenvalue weighted by molar-refractivity contribution is 7.91. The van der Waals surface area contributed by atoms with Gasteiger partial charge in [-0.3, -0.25) is 4.79 Å². The highest BCUT2D eigenvalue weighted by Crippen LogP contribution is 2.22. The number of nitrogen functional groups attached to an aromatic ring is 1. The third kappa shape index (κ3) is 4.20. The molecule has 0 aliphatic carbocycles. The molecule has 1 saturated heterocycles. The number of anilines is 1. The van der Waals surface area contributed by atoms with Crippen LogP contribution in [-0.4, -0.2) is 43.9 Å². The zero-order valence-corrected chi connectivity index (χ0v) is 13.0. The van der Waals surface area contributed by atoms with Gasteiger partial charge in [0, 0.05) is 5.69 Å². The van der Waals surface area contributed by atoms with Crippen LogP contribution in [0.4, 0.5) is 5.69 Å². The lowest BCUT2D eigenvalue weighted by Crippen LogP contribution is -2.48. The number of benzene rings is 1. The number of sulfone groups is 1. The number of carbonyl (C=O) groups excluding carboxylic acids is 2. The van der Waals surface area contributed by atoms with Gasteiger partial charge >= 0.3 is 5.97 Å². The molecule has 1 aromatic rings. The summed E-state index contributed by atoms with van der Waals surface area (Å²) in [5.74, 6) is -1.21. The van der Waals surface area contributed by atoms with Crippen LogP contribution in [0, 0.1) is 0 Å². The summed E-state index contributed by atoms with van der Waals surface area (Å²) in [7, 11) is -3.11. The maximum atomic E-state index is 11.8. The average Bonchev–Trinajstić information content (AvgIpc) is 2.70. The predicted molar refractivity (Wildman–Crippen MR) is 81.0 cm³/mol. The first kappa shape index (κ1) is 16.3. The first-order valence-corrected chi connectivity index (χ1v) is 8.55. The molecule has 2 rings (SSSR count). The van der Waals surface area contributed by atoms with E-state index in [1.165, 1.54) is 12.1 Å². The Bertz CT molecular complexity index is 684. The number of esters is 1. The predicted octanol–water partition coefficient (Wildman–Crippen LogP) is 0.119. The van der Waals surface area contributed by atoms with E-state index in [1.54, 1.807) is 19.1 Å². The van der Waals surface area contributed by atoms with Crippen molar-refractivity contribution >= 4 is 27.4 Å². The van der Waals surface area contributed by atoms with Gasteiger partial charge in [0.1, 0.15) is 0 Å². The maximum Gasteiger partial charge on any atom is 0.338 e. The van der Waals surface area contributed by atoms with E-state index in [0.717, 1.165) is 0 Å². The number of ether oxygens (including phenoxy) is 1. The number of carbonyl (C=O) groups is 2. The highest BCUT2D eigenvalue weighted by Gasteiger charge is 2.39. The summed E-state index contributed by atoms with van der Waals surface area (Å²) in [5.41, 5.74) is 5.52.